The summed E-state index contributed by atoms with van der Waals surface area (Å²) < 4.78 is 25.8. The third kappa shape index (κ3) is 3.87. The summed E-state index contributed by atoms with van der Waals surface area (Å²) in [6, 6.07) is 6.86. The number of benzene rings is 1. The molecule has 0 atom stereocenters. The van der Waals surface area contributed by atoms with E-state index in [1.165, 1.54) is 7.05 Å². The summed E-state index contributed by atoms with van der Waals surface area (Å²) in [6.07, 6.45) is 3.68. The SMILES string of the molecule is C=CCCCNc1ccccc1S(=O)(=O)NC. The molecule has 0 aliphatic rings. The highest BCUT2D eigenvalue weighted by Gasteiger charge is 2.15. The molecule has 17 heavy (non-hydrogen) atoms. The van der Waals surface area contributed by atoms with Crippen LogP contribution in [0.1, 0.15) is 12.8 Å². The molecule has 0 fully saturated rings. The van der Waals surface area contributed by atoms with Crippen molar-refractivity contribution in [1.82, 2.24) is 4.72 Å². The molecule has 0 radical (unpaired) electrons. The minimum Gasteiger partial charge on any atom is -0.384 e. The number of anilines is 1. The Kier molecular flexibility index (Phi) is 5.18. The molecule has 0 aliphatic carbocycles. The van der Waals surface area contributed by atoms with E-state index in [2.05, 4.69) is 16.6 Å². The number of sulfonamides is 1. The third-order valence-corrected chi connectivity index (χ3v) is 3.82. The van der Waals surface area contributed by atoms with E-state index in [0.717, 1.165) is 19.4 Å². The lowest BCUT2D eigenvalue weighted by molar-refractivity contribution is 0.588. The Hall–Kier alpha value is -1.33. The van der Waals surface area contributed by atoms with E-state index in [-0.39, 0.29) is 4.90 Å². The highest BCUT2D eigenvalue weighted by molar-refractivity contribution is 7.89. The first-order valence-electron chi connectivity index (χ1n) is 5.49. The molecule has 0 saturated heterocycles. The predicted molar refractivity (Wildman–Crippen MR) is 70.6 cm³/mol. The molecule has 1 aromatic rings. The number of unbranched alkanes of at least 4 members (excludes halogenated alkanes) is 1. The standard InChI is InChI=1S/C12H18N2O2S/c1-3-4-7-10-14-11-8-5-6-9-12(11)17(15,16)13-2/h3,5-6,8-9,13-14H,1,4,7,10H2,2H3. The molecule has 1 aromatic carbocycles. The molecule has 1 rings (SSSR count). The van der Waals surface area contributed by atoms with Crippen LogP contribution >= 0.6 is 0 Å². The van der Waals surface area contributed by atoms with Crippen molar-refractivity contribution >= 4 is 15.7 Å². The van der Waals surface area contributed by atoms with Gasteiger partial charge in [0.15, 0.2) is 0 Å². The molecule has 0 heterocycles. The van der Waals surface area contributed by atoms with Crippen molar-refractivity contribution in [3.05, 3.63) is 36.9 Å². The van der Waals surface area contributed by atoms with Gasteiger partial charge in [-0.1, -0.05) is 18.2 Å². The fourth-order valence-electron chi connectivity index (χ4n) is 1.43. The van der Waals surface area contributed by atoms with Crippen LogP contribution in [0.15, 0.2) is 41.8 Å². The zero-order chi connectivity index (χ0) is 12.7. The van der Waals surface area contributed by atoms with Gasteiger partial charge in [-0.2, -0.15) is 0 Å². The molecular formula is C12H18N2O2S. The van der Waals surface area contributed by atoms with E-state index in [1.807, 2.05) is 12.1 Å². The van der Waals surface area contributed by atoms with Crippen LogP contribution in [-0.2, 0) is 10.0 Å². The zero-order valence-electron chi connectivity index (χ0n) is 9.94. The van der Waals surface area contributed by atoms with Gasteiger partial charge in [0.1, 0.15) is 4.90 Å². The molecule has 4 nitrogen and oxygen atoms in total. The Labute approximate surface area is 103 Å². The molecule has 0 spiro atoms. The van der Waals surface area contributed by atoms with Crippen molar-refractivity contribution in [3.8, 4) is 0 Å². The Morgan fingerprint density at radius 1 is 1.35 bits per heavy atom. The first-order valence-corrected chi connectivity index (χ1v) is 6.97. The summed E-state index contributed by atoms with van der Waals surface area (Å²) in [7, 11) is -2.00. The topological polar surface area (TPSA) is 58.2 Å². The van der Waals surface area contributed by atoms with Crippen molar-refractivity contribution < 1.29 is 8.42 Å². The smallest absolute Gasteiger partial charge is 0.242 e. The van der Waals surface area contributed by atoms with Crippen LogP contribution in [0.4, 0.5) is 5.69 Å². The minimum atomic E-state index is -3.40. The van der Waals surface area contributed by atoms with Crippen molar-refractivity contribution in [2.75, 3.05) is 18.9 Å². The molecule has 0 bridgehead atoms. The van der Waals surface area contributed by atoms with Gasteiger partial charge in [-0.3, -0.25) is 0 Å². The van der Waals surface area contributed by atoms with Gasteiger partial charge in [-0.25, -0.2) is 13.1 Å². The van der Waals surface area contributed by atoms with Crippen LogP contribution in [0.5, 0.6) is 0 Å². The lowest BCUT2D eigenvalue weighted by atomic mass is 10.3. The highest BCUT2D eigenvalue weighted by atomic mass is 32.2. The molecule has 0 amide bonds. The van der Waals surface area contributed by atoms with E-state index in [1.54, 1.807) is 18.2 Å². The number of hydrogen-bond donors (Lipinski definition) is 2. The highest BCUT2D eigenvalue weighted by Crippen LogP contribution is 2.20. The Bertz CT molecular complexity index is 469. The molecule has 0 unspecified atom stereocenters. The third-order valence-electron chi connectivity index (χ3n) is 2.35. The van der Waals surface area contributed by atoms with Crippen molar-refractivity contribution in [3.63, 3.8) is 0 Å². The van der Waals surface area contributed by atoms with Gasteiger partial charge in [0, 0.05) is 6.54 Å². The van der Waals surface area contributed by atoms with E-state index in [4.69, 9.17) is 0 Å². The summed E-state index contributed by atoms with van der Waals surface area (Å²) in [5.41, 5.74) is 0.630. The lowest BCUT2D eigenvalue weighted by Gasteiger charge is -2.11. The van der Waals surface area contributed by atoms with Crippen molar-refractivity contribution in [2.24, 2.45) is 0 Å². The van der Waals surface area contributed by atoms with Crippen LogP contribution in [0.25, 0.3) is 0 Å². The van der Waals surface area contributed by atoms with E-state index in [9.17, 15) is 8.42 Å². The van der Waals surface area contributed by atoms with E-state index < -0.39 is 10.0 Å². The molecule has 0 saturated carbocycles. The maximum absolute atomic E-state index is 11.7. The normalized spacial score (nSPS) is 11.1. The average molecular weight is 254 g/mol. The van der Waals surface area contributed by atoms with Crippen molar-refractivity contribution in [1.29, 1.82) is 0 Å². The van der Waals surface area contributed by atoms with E-state index >= 15 is 0 Å². The molecule has 0 aliphatic heterocycles. The molecule has 0 aromatic heterocycles. The van der Waals surface area contributed by atoms with Crippen LogP contribution in [0.2, 0.25) is 0 Å². The maximum Gasteiger partial charge on any atom is 0.242 e. The van der Waals surface area contributed by atoms with Gasteiger partial charge in [0.2, 0.25) is 10.0 Å². The maximum atomic E-state index is 11.7. The molecule has 2 N–H and O–H groups in total. The van der Waals surface area contributed by atoms with Gasteiger partial charge in [0.05, 0.1) is 5.69 Å². The first kappa shape index (κ1) is 13.7. The molecule has 94 valence electrons. The average Bonchev–Trinajstić information content (AvgIpc) is 2.35. The number of para-hydroxylation sites is 1. The van der Waals surface area contributed by atoms with E-state index in [0.29, 0.717) is 5.69 Å². The second-order valence-corrected chi connectivity index (χ2v) is 5.42. The predicted octanol–water partition coefficient (Wildman–Crippen LogP) is 1.97. The van der Waals surface area contributed by atoms with Gasteiger partial charge >= 0.3 is 0 Å². The van der Waals surface area contributed by atoms with Gasteiger partial charge in [-0.15, -0.1) is 6.58 Å². The summed E-state index contributed by atoms with van der Waals surface area (Å²) in [6.45, 7) is 4.37. The van der Waals surface area contributed by atoms with Gasteiger partial charge in [-0.05, 0) is 32.0 Å². The first-order chi connectivity index (χ1) is 8.11. The largest absolute Gasteiger partial charge is 0.384 e. The second kappa shape index (κ2) is 6.42. The van der Waals surface area contributed by atoms with Crippen molar-refractivity contribution in [2.45, 2.75) is 17.7 Å². The quantitative estimate of drug-likeness (QED) is 0.578. The monoisotopic (exact) mass is 254 g/mol. The number of rotatable bonds is 7. The molecule has 5 heteroatoms. The fourth-order valence-corrected chi connectivity index (χ4v) is 2.33. The number of nitrogens with one attached hydrogen (secondary N) is 2. The summed E-state index contributed by atoms with van der Waals surface area (Å²) in [5.74, 6) is 0. The van der Waals surface area contributed by atoms with Crippen LogP contribution < -0.4 is 10.0 Å². The van der Waals surface area contributed by atoms with Crippen LogP contribution in [0.3, 0.4) is 0 Å². The number of hydrogen-bond acceptors (Lipinski definition) is 3. The second-order valence-electron chi connectivity index (χ2n) is 3.56. The minimum absolute atomic E-state index is 0.279. The van der Waals surface area contributed by atoms with Crippen LogP contribution in [0, 0.1) is 0 Å². The van der Waals surface area contributed by atoms with Crippen LogP contribution in [-0.4, -0.2) is 22.0 Å². The summed E-state index contributed by atoms with van der Waals surface area (Å²) in [5, 5.41) is 3.12. The lowest BCUT2D eigenvalue weighted by Crippen LogP contribution is -2.20. The molecular weight excluding hydrogens is 236 g/mol. The summed E-state index contributed by atoms with van der Waals surface area (Å²) in [4.78, 5) is 0.279. The zero-order valence-corrected chi connectivity index (χ0v) is 10.8. The Balaban J connectivity index is 2.82. The Morgan fingerprint density at radius 3 is 2.71 bits per heavy atom. The number of allylic oxidation sites excluding steroid dienone is 1. The Morgan fingerprint density at radius 2 is 2.06 bits per heavy atom. The fraction of sp³-hybridized carbons (Fsp3) is 0.333. The summed E-state index contributed by atoms with van der Waals surface area (Å²) >= 11 is 0. The van der Waals surface area contributed by atoms with Gasteiger partial charge in [0.25, 0.3) is 0 Å². The van der Waals surface area contributed by atoms with Gasteiger partial charge < -0.3 is 5.32 Å².